The number of rotatable bonds is 3. The number of benzene rings is 1. The summed E-state index contributed by atoms with van der Waals surface area (Å²) in [4.78, 5) is 14.1. The minimum Gasteiger partial charge on any atom is -0.316 e. The summed E-state index contributed by atoms with van der Waals surface area (Å²) >= 11 is 1.60. The summed E-state index contributed by atoms with van der Waals surface area (Å²) in [5, 5.41) is 13.6. The molecule has 1 aromatic heterocycles. The lowest BCUT2D eigenvalue weighted by molar-refractivity contribution is -0.118. The van der Waals surface area contributed by atoms with Crippen LogP contribution in [0.2, 0.25) is 0 Å². The molecular formula is C23H26N2OS. The molecule has 1 N–H and O–H groups in total. The van der Waals surface area contributed by atoms with Crippen LogP contribution in [0.1, 0.15) is 61.6 Å². The van der Waals surface area contributed by atoms with Crippen LogP contribution in [0.4, 0.5) is 5.00 Å². The van der Waals surface area contributed by atoms with E-state index >= 15 is 0 Å². The second-order valence-electron chi connectivity index (χ2n) is 9.04. The number of carbonyl (C=O) groups is 1. The third-order valence-electron chi connectivity index (χ3n) is 7.17. The molecule has 0 aliphatic heterocycles. The number of thiophene rings is 1. The molecule has 1 saturated carbocycles. The first-order chi connectivity index (χ1) is 12.8. The van der Waals surface area contributed by atoms with E-state index < -0.39 is 0 Å². The van der Waals surface area contributed by atoms with E-state index in [1.165, 1.54) is 10.4 Å². The SMILES string of the molecule is CC1(C)C(C(=O)Nc2sc3c(c2C#N)CCC(c2ccccc2)C3)C1(C)C. The molecule has 1 fully saturated rings. The predicted octanol–water partition coefficient (Wildman–Crippen LogP) is 5.51. The number of anilines is 1. The van der Waals surface area contributed by atoms with E-state index in [-0.39, 0.29) is 22.7 Å². The average molecular weight is 379 g/mol. The summed E-state index contributed by atoms with van der Waals surface area (Å²) < 4.78 is 0. The minimum absolute atomic E-state index is 0.000822. The van der Waals surface area contributed by atoms with Crippen molar-refractivity contribution in [1.82, 2.24) is 0 Å². The zero-order valence-electron chi connectivity index (χ0n) is 16.4. The van der Waals surface area contributed by atoms with Gasteiger partial charge in [0.25, 0.3) is 0 Å². The Hall–Kier alpha value is -2.12. The molecule has 2 aliphatic carbocycles. The minimum atomic E-state index is -0.00672. The molecule has 140 valence electrons. The second-order valence-corrected chi connectivity index (χ2v) is 10.1. The van der Waals surface area contributed by atoms with Gasteiger partial charge in [0.1, 0.15) is 11.1 Å². The summed E-state index contributed by atoms with van der Waals surface area (Å²) in [6.45, 7) is 8.58. The van der Waals surface area contributed by atoms with Crippen molar-refractivity contribution in [2.45, 2.75) is 52.9 Å². The Morgan fingerprint density at radius 3 is 2.44 bits per heavy atom. The van der Waals surface area contributed by atoms with Crippen LogP contribution in [0.3, 0.4) is 0 Å². The number of hydrogen-bond acceptors (Lipinski definition) is 3. The Morgan fingerprint density at radius 1 is 1.19 bits per heavy atom. The Morgan fingerprint density at radius 2 is 1.85 bits per heavy atom. The average Bonchev–Trinajstić information content (AvgIpc) is 2.89. The molecule has 4 rings (SSSR count). The van der Waals surface area contributed by atoms with Gasteiger partial charge >= 0.3 is 0 Å². The predicted molar refractivity (Wildman–Crippen MR) is 110 cm³/mol. The van der Waals surface area contributed by atoms with E-state index in [1.54, 1.807) is 11.3 Å². The topological polar surface area (TPSA) is 52.9 Å². The van der Waals surface area contributed by atoms with Crippen molar-refractivity contribution in [1.29, 1.82) is 5.26 Å². The number of nitrogens with one attached hydrogen (secondary N) is 1. The first kappa shape index (κ1) is 18.3. The molecule has 1 aromatic carbocycles. The van der Waals surface area contributed by atoms with Crippen LogP contribution in [-0.2, 0) is 17.6 Å². The van der Waals surface area contributed by atoms with Crippen LogP contribution in [0.25, 0.3) is 0 Å². The van der Waals surface area contributed by atoms with Crippen molar-refractivity contribution >= 4 is 22.2 Å². The van der Waals surface area contributed by atoms with Crippen molar-refractivity contribution in [2.75, 3.05) is 5.32 Å². The van der Waals surface area contributed by atoms with Crippen LogP contribution in [0.15, 0.2) is 30.3 Å². The standard InChI is InChI=1S/C23H26N2OS/c1-22(2)19(23(22,3)4)20(26)25-21-17(13-24)16-11-10-15(12-18(16)27-21)14-8-6-5-7-9-14/h5-9,15,19H,10-12H2,1-4H3,(H,25,26). The molecule has 0 radical (unpaired) electrons. The number of fused-ring (bicyclic) bond motifs is 1. The molecule has 1 unspecified atom stereocenters. The van der Waals surface area contributed by atoms with Gasteiger partial charge in [-0.2, -0.15) is 5.26 Å². The molecule has 2 aromatic rings. The van der Waals surface area contributed by atoms with Crippen LogP contribution < -0.4 is 5.32 Å². The van der Waals surface area contributed by atoms with Gasteiger partial charge < -0.3 is 5.32 Å². The Labute approximate surface area is 165 Å². The van der Waals surface area contributed by atoms with Crippen LogP contribution in [0, 0.1) is 28.1 Å². The maximum Gasteiger partial charge on any atom is 0.229 e. The van der Waals surface area contributed by atoms with Gasteiger partial charge in [0.15, 0.2) is 0 Å². The lowest BCUT2D eigenvalue weighted by Gasteiger charge is -2.22. The number of nitrogens with zero attached hydrogens (tertiary/aromatic N) is 1. The summed E-state index contributed by atoms with van der Waals surface area (Å²) in [6, 6.07) is 13.0. The van der Waals surface area contributed by atoms with Gasteiger partial charge in [-0.15, -0.1) is 11.3 Å². The molecule has 0 spiro atoms. The second kappa shape index (κ2) is 6.21. The fourth-order valence-corrected chi connectivity index (χ4v) is 6.12. The van der Waals surface area contributed by atoms with Crippen molar-refractivity contribution < 1.29 is 4.79 Å². The highest BCUT2D eigenvalue weighted by Crippen LogP contribution is 2.68. The van der Waals surface area contributed by atoms with E-state index in [1.807, 2.05) is 6.07 Å². The maximum absolute atomic E-state index is 12.9. The largest absolute Gasteiger partial charge is 0.316 e. The van der Waals surface area contributed by atoms with Crippen LogP contribution in [0.5, 0.6) is 0 Å². The quantitative estimate of drug-likeness (QED) is 0.765. The molecule has 2 aliphatic rings. The van der Waals surface area contributed by atoms with Gasteiger partial charge in [-0.1, -0.05) is 58.0 Å². The molecule has 0 saturated heterocycles. The fourth-order valence-electron chi connectivity index (χ4n) is 4.84. The zero-order chi connectivity index (χ0) is 19.4. The summed E-state index contributed by atoms with van der Waals surface area (Å²) in [7, 11) is 0. The maximum atomic E-state index is 12.9. The molecule has 27 heavy (non-hydrogen) atoms. The lowest BCUT2D eigenvalue weighted by atomic mass is 9.83. The van der Waals surface area contributed by atoms with Crippen molar-refractivity contribution in [3.05, 3.63) is 51.9 Å². The Kier molecular flexibility index (Phi) is 4.20. The number of amides is 1. The van der Waals surface area contributed by atoms with Gasteiger partial charge in [-0.25, -0.2) is 0 Å². The highest BCUT2D eigenvalue weighted by molar-refractivity contribution is 7.16. The summed E-state index contributed by atoms with van der Waals surface area (Å²) in [5.74, 6) is 0.543. The normalized spacial score (nSPS) is 22.6. The monoisotopic (exact) mass is 378 g/mol. The van der Waals surface area contributed by atoms with E-state index in [9.17, 15) is 10.1 Å². The fraction of sp³-hybridized carbons (Fsp3) is 0.478. The smallest absolute Gasteiger partial charge is 0.229 e. The van der Waals surface area contributed by atoms with Gasteiger partial charge in [-0.05, 0) is 47.1 Å². The van der Waals surface area contributed by atoms with Gasteiger partial charge in [-0.3, -0.25) is 4.79 Å². The summed E-state index contributed by atoms with van der Waals surface area (Å²) in [5.41, 5.74) is 3.20. The zero-order valence-corrected chi connectivity index (χ0v) is 17.2. The van der Waals surface area contributed by atoms with Crippen LogP contribution in [-0.4, -0.2) is 5.91 Å². The Balaban J connectivity index is 1.57. The van der Waals surface area contributed by atoms with E-state index in [2.05, 4.69) is 63.3 Å². The molecular weight excluding hydrogens is 352 g/mol. The third-order valence-corrected chi connectivity index (χ3v) is 8.34. The molecule has 0 bridgehead atoms. The lowest BCUT2D eigenvalue weighted by Crippen LogP contribution is -2.17. The van der Waals surface area contributed by atoms with Crippen molar-refractivity contribution in [3.63, 3.8) is 0 Å². The van der Waals surface area contributed by atoms with E-state index in [4.69, 9.17) is 0 Å². The number of carbonyl (C=O) groups excluding carboxylic acids is 1. The van der Waals surface area contributed by atoms with Gasteiger partial charge in [0, 0.05) is 10.8 Å². The third kappa shape index (κ3) is 2.80. The highest BCUT2D eigenvalue weighted by Gasteiger charge is 2.68. The number of nitriles is 1. The van der Waals surface area contributed by atoms with Crippen molar-refractivity contribution in [2.24, 2.45) is 16.7 Å². The van der Waals surface area contributed by atoms with Gasteiger partial charge in [0.2, 0.25) is 5.91 Å². The highest BCUT2D eigenvalue weighted by atomic mass is 32.1. The first-order valence-corrected chi connectivity index (χ1v) is 10.5. The summed E-state index contributed by atoms with van der Waals surface area (Å²) in [6.07, 6.45) is 2.91. The molecule has 1 heterocycles. The first-order valence-electron chi connectivity index (χ1n) is 9.67. The van der Waals surface area contributed by atoms with E-state index in [0.717, 1.165) is 29.8 Å². The molecule has 4 heteroatoms. The van der Waals surface area contributed by atoms with E-state index in [0.29, 0.717) is 11.5 Å². The number of hydrogen-bond donors (Lipinski definition) is 1. The Bertz CT molecular complexity index is 919. The van der Waals surface area contributed by atoms with Gasteiger partial charge in [0.05, 0.1) is 5.56 Å². The molecule has 3 nitrogen and oxygen atoms in total. The molecule has 1 atom stereocenters. The van der Waals surface area contributed by atoms with Crippen LogP contribution >= 0.6 is 11.3 Å². The van der Waals surface area contributed by atoms with Crippen molar-refractivity contribution in [3.8, 4) is 6.07 Å². The molecule has 1 amide bonds.